The molecule has 1 N–H and O–H groups in total. The molecule has 1 aliphatic rings. The molecule has 1 aliphatic heterocycles. The SMILES string of the molecule is O=C(CCN(Cc1ccc(F)cc1)S(=O)(=O)c1ccccc1)N1CCNCC1. The zero-order valence-electron chi connectivity index (χ0n) is 15.6. The molecular weight excluding hydrogens is 381 g/mol. The third-order valence-electron chi connectivity index (χ3n) is 4.70. The summed E-state index contributed by atoms with van der Waals surface area (Å²) in [5.41, 5.74) is 0.663. The van der Waals surface area contributed by atoms with Gasteiger partial charge in [-0.2, -0.15) is 4.31 Å². The molecule has 1 fully saturated rings. The van der Waals surface area contributed by atoms with Crippen molar-refractivity contribution in [1.82, 2.24) is 14.5 Å². The van der Waals surface area contributed by atoms with Crippen LogP contribution in [-0.4, -0.2) is 56.3 Å². The number of benzene rings is 2. The molecule has 0 bridgehead atoms. The lowest BCUT2D eigenvalue weighted by molar-refractivity contribution is -0.131. The maximum atomic E-state index is 13.2. The minimum atomic E-state index is -3.78. The maximum absolute atomic E-state index is 13.2. The van der Waals surface area contributed by atoms with Gasteiger partial charge in [0.15, 0.2) is 0 Å². The summed E-state index contributed by atoms with van der Waals surface area (Å²) in [5.74, 6) is -0.441. The van der Waals surface area contributed by atoms with Crippen molar-refractivity contribution < 1.29 is 17.6 Å². The van der Waals surface area contributed by atoms with Crippen molar-refractivity contribution >= 4 is 15.9 Å². The first-order valence-electron chi connectivity index (χ1n) is 9.25. The zero-order chi connectivity index (χ0) is 20.0. The highest BCUT2D eigenvalue weighted by Crippen LogP contribution is 2.19. The normalized spacial score (nSPS) is 15.0. The molecule has 3 rings (SSSR count). The van der Waals surface area contributed by atoms with Gasteiger partial charge in [-0.25, -0.2) is 12.8 Å². The molecule has 8 heteroatoms. The van der Waals surface area contributed by atoms with Crippen molar-refractivity contribution in [3.8, 4) is 0 Å². The number of carbonyl (C=O) groups excluding carboxylic acids is 1. The van der Waals surface area contributed by atoms with Gasteiger partial charge < -0.3 is 10.2 Å². The molecule has 1 amide bonds. The van der Waals surface area contributed by atoms with E-state index in [1.54, 1.807) is 35.2 Å². The van der Waals surface area contributed by atoms with Crippen molar-refractivity contribution in [1.29, 1.82) is 0 Å². The number of amides is 1. The predicted molar refractivity (Wildman–Crippen MR) is 105 cm³/mol. The van der Waals surface area contributed by atoms with Crippen LogP contribution in [0.3, 0.4) is 0 Å². The second kappa shape index (κ2) is 9.27. The van der Waals surface area contributed by atoms with Crippen LogP contribution in [0.4, 0.5) is 4.39 Å². The van der Waals surface area contributed by atoms with Crippen LogP contribution in [0.15, 0.2) is 59.5 Å². The van der Waals surface area contributed by atoms with Crippen LogP contribution >= 0.6 is 0 Å². The lowest BCUT2D eigenvalue weighted by atomic mass is 10.2. The van der Waals surface area contributed by atoms with Gasteiger partial charge in [-0.15, -0.1) is 0 Å². The molecule has 0 aromatic heterocycles. The molecule has 2 aromatic rings. The molecule has 2 aromatic carbocycles. The summed E-state index contributed by atoms with van der Waals surface area (Å²) in [6, 6.07) is 13.8. The Kier molecular flexibility index (Phi) is 6.77. The van der Waals surface area contributed by atoms with Crippen LogP contribution in [0.1, 0.15) is 12.0 Å². The average molecular weight is 405 g/mol. The zero-order valence-corrected chi connectivity index (χ0v) is 16.4. The van der Waals surface area contributed by atoms with Crippen LogP contribution in [0.5, 0.6) is 0 Å². The molecule has 28 heavy (non-hydrogen) atoms. The van der Waals surface area contributed by atoms with Gasteiger partial charge in [0.2, 0.25) is 15.9 Å². The van der Waals surface area contributed by atoms with Gasteiger partial charge in [0.1, 0.15) is 5.82 Å². The summed E-state index contributed by atoms with van der Waals surface area (Å²) in [7, 11) is -3.78. The summed E-state index contributed by atoms with van der Waals surface area (Å²) in [5, 5.41) is 3.19. The van der Waals surface area contributed by atoms with Crippen LogP contribution in [0, 0.1) is 5.82 Å². The van der Waals surface area contributed by atoms with Crippen molar-refractivity contribution in [2.75, 3.05) is 32.7 Å². The highest BCUT2D eigenvalue weighted by Gasteiger charge is 2.26. The molecule has 1 heterocycles. The standard InChI is InChI=1S/C20H24FN3O3S/c21-18-8-6-17(7-9-18)16-24(28(26,27)19-4-2-1-3-5-19)13-10-20(25)23-14-11-22-12-15-23/h1-9,22H,10-16H2. The van der Waals surface area contributed by atoms with Crippen molar-refractivity contribution in [2.24, 2.45) is 0 Å². The maximum Gasteiger partial charge on any atom is 0.243 e. The second-order valence-corrected chi connectivity index (χ2v) is 8.60. The fourth-order valence-corrected chi connectivity index (χ4v) is 4.56. The molecule has 0 unspecified atom stereocenters. The first kappa shape index (κ1) is 20.4. The Morgan fingerprint density at radius 3 is 2.32 bits per heavy atom. The van der Waals surface area contributed by atoms with E-state index in [0.29, 0.717) is 18.7 Å². The number of piperazine rings is 1. The molecule has 0 atom stereocenters. The van der Waals surface area contributed by atoms with Crippen molar-refractivity contribution in [3.05, 3.63) is 66.0 Å². The van der Waals surface area contributed by atoms with Gasteiger partial charge in [0.05, 0.1) is 4.90 Å². The molecule has 150 valence electrons. The number of halogens is 1. The molecule has 0 saturated carbocycles. The Labute approximate surface area is 165 Å². The van der Waals surface area contributed by atoms with E-state index in [4.69, 9.17) is 0 Å². The molecule has 6 nitrogen and oxygen atoms in total. The number of hydrogen-bond donors (Lipinski definition) is 1. The fourth-order valence-electron chi connectivity index (χ4n) is 3.11. The predicted octanol–water partition coefficient (Wildman–Crippen LogP) is 1.84. The minimum absolute atomic E-state index is 0.0612. The molecule has 0 spiro atoms. The van der Waals surface area contributed by atoms with E-state index in [-0.39, 0.29) is 36.1 Å². The van der Waals surface area contributed by atoms with Crippen molar-refractivity contribution in [3.63, 3.8) is 0 Å². The van der Waals surface area contributed by atoms with E-state index < -0.39 is 10.0 Å². The van der Waals surface area contributed by atoms with Gasteiger partial charge in [-0.1, -0.05) is 30.3 Å². The Morgan fingerprint density at radius 1 is 1.04 bits per heavy atom. The summed E-state index contributed by atoms with van der Waals surface area (Å²) >= 11 is 0. The average Bonchev–Trinajstić information content (AvgIpc) is 2.73. The topological polar surface area (TPSA) is 69.7 Å². The summed E-state index contributed by atoms with van der Waals surface area (Å²) in [4.78, 5) is 14.4. The molecular formula is C20H24FN3O3S. The number of hydrogen-bond acceptors (Lipinski definition) is 4. The number of rotatable bonds is 7. The summed E-state index contributed by atoms with van der Waals surface area (Å²) in [6.45, 7) is 2.88. The van der Waals surface area contributed by atoms with Crippen LogP contribution in [-0.2, 0) is 21.4 Å². The third-order valence-corrected chi connectivity index (χ3v) is 6.56. The fraction of sp³-hybridized carbons (Fsp3) is 0.350. The Morgan fingerprint density at radius 2 is 1.68 bits per heavy atom. The minimum Gasteiger partial charge on any atom is -0.340 e. The van der Waals surface area contributed by atoms with E-state index in [2.05, 4.69) is 5.32 Å². The smallest absolute Gasteiger partial charge is 0.243 e. The Hall–Kier alpha value is -2.29. The molecule has 1 saturated heterocycles. The third kappa shape index (κ3) is 5.15. The highest BCUT2D eigenvalue weighted by atomic mass is 32.2. The van der Waals surface area contributed by atoms with Crippen LogP contribution < -0.4 is 5.32 Å². The lowest BCUT2D eigenvalue weighted by Gasteiger charge is -2.29. The van der Waals surface area contributed by atoms with Crippen LogP contribution in [0.25, 0.3) is 0 Å². The van der Waals surface area contributed by atoms with E-state index >= 15 is 0 Å². The van der Waals surface area contributed by atoms with Crippen LogP contribution in [0.2, 0.25) is 0 Å². The number of nitrogens with zero attached hydrogens (tertiary/aromatic N) is 2. The highest BCUT2D eigenvalue weighted by molar-refractivity contribution is 7.89. The molecule has 0 radical (unpaired) electrons. The number of nitrogens with one attached hydrogen (secondary N) is 1. The van der Waals surface area contributed by atoms with E-state index in [9.17, 15) is 17.6 Å². The van der Waals surface area contributed by atoms with Gasteiger partial charge in [0.25, 0.3) is 0 Å². The largest absolute Gasteiger partial charge is 0.340 e. The first-order chi connectivity index (χ1) is 13.5. The van der Waals surface area contributed by atoms with Gasteiger partial charge in [-0.3, -0.25) is 4.79 Å². The monoisotopic (exact) mass is 405 g/mol. The quantitative estimate of drug-likeness (QED) is 0.763. The van der Waals surface area contributed by atoms with Gasteiger partial charge >= 0.3 is 0 Å². The Bertz CT molecular complexity index is 883. The number of carbonyl (C=O) groups is 1. The van der Waals surface area contributed by atoms with Gasteiger partial charge in [0, 0.05) is 45.7 Å². The Balaban J connectivity index is 1.77. The summed E-state index contributed by atoms with van der Waals surface area (Å²) < 4.78 is 40.7. The van der Waals surface area contributed by atoms with Gasteiger partial charge in [-0.05, 0) is 29.8 Å². The first-order valence-corrected chi connectivity index (χ1v) is 10.7. The van der Waals surface area contributed by atoms with E-state index in [1.165, 1.54) is 28.6 Å². The van der Waals surface area contributed by atoms with E-state index in [0.717, 1.165) is 13.1 Å². The molecule has 0 aliphatic carbocycles. The second-order valence-electron chi connectivity index (χ2n) is 6.66. The lowest BCUT2D eigenvalue weighted by Crippen LogP contribution is -2.47. The van der Waals surface area contributed by atoms with E-state index in [1.807, 2.05) is 0 Å². The van der Waals surface area contributed by atoms with Crippen molar-refractivity contribution in [2.45, 2.75) is 17.9 Å². The number of sulfonamides is 1. The summed E-state index contributed by atoms with van der Waals surface area (Å²) in [6.07, 6.45) is 0.104.